The fourth-order valence-electron chi connectivity index (χ4n) is 1.72. The fourth-order valence-corrected chi connectivity index (χ4v) is 1.72. The van der Waals surface area contributed by atoms with Gasteiger partial charge in [-0.2, -0.15) is 8.78 Å². The first-order valence-corrected chi connectivity index (χ1v) is 4.99. The molecule has 1 saturated carbocycles. The number of alkyl halides is 4. The van der Waals surface area contributed by atoms with Crippen molar-refractivity contribution in [1.29, 1.82) is 0 Å². The molecule has 1 aromatic carbocycles. The molecule has 1 aliphatic rings. The first-order chi connectivity index (χ1) is 7.76. The molecule has 0 spiro atoms. The van der Waals surface area contributed by atoms with E-state index < -0.39 is 24.5 Å². The molecular formula is C11H11F4NO. The lowest BCUT2D eigenvalue weighted by Crippen LogP contribution is -2.27. The van der Waals surface area contributed by atoms with Gasteiger partial charge < -0.3 is 10.5 Å². The molecule has 6 heteroatoms. The standard InChI is InChI=1S/C11H11F4NO/c1-6-2-3-7(4-8(6)17-9(12)13)10(16)5-11(10,14)15/h2-4,9H,5,16H2,1H3. The second-order valence-electron chi connectivity index (χ2n) is 4.21. The predicted octanol–water partition coefficient (Wildman–Crippen LogP) is 2.79. The van der Waals surface area contributed by atoms with Crippen LogP contribution in [0.2, 0.25) is 0 Å². The van der Waals surface area contributed by atoms with Crippen LogP contribution in [0.4, 0.5) is 17.6 Å². The quantitative estimate of drug-likeness (QED) is 0.836. The van der Waals surface area contributed by atoms with E-state index in [2.05, 4.69) is 4.74 Å². The van der Waals surface area contributed by atoms with Crippen LogP contribution in [0.3, 0.4) is 0 Å². The number of benzene rings is 1. The minimum atomic E-state index is -2.99. The highest BCUT2D eigenvalue weighted by atomic mass is 19.3. The maximum Gasteiger partial charge on any atom is 0.387 e. The van der Waals surface area contributed by atoms with E-state index in [1.54, 1.807) is 6.92 Å². The molecule has 1 aromatic rings. The van der Waals surface area contributed by atoms with Crippen molar-refractivity contribution < 1.29 is 22.3 Å². The Morgan fingerprint density at radius 3 is 2.41 bits per heavy atom. The lowest BCUT2D eigenvalue weighted by atomic mass is 10.0. The van der Waals surface area contributed by atoms with E-state index in [0.29, 0.717) is 5.56 Å². The zero-order chi connectivity index (χ0) is 12.8. The molecule has 1 unspecified atom stereocenters. The summed E-state index contributed by atoms with van der Waals surface area (Å²) in [6.45, 7) is -1.44. The van der Waals surface area contributed by atoms with Crippen LogP contribution >= 0.6 is 0 Å². The van der Waals surface area contributed by atoms with Crippen LogP contribution in [0.5, 0.6) is 5.75 Å². The van der Waals surface area contributed by atoms with Crippen molar-refractivity contribution in [1.82, 2.24) is 0 Å². The highest BCUT2D eigenvalue weighted by Gasteiger charge is 2.70. The Morgan fingerprint density at radius 1 is 1.35 bits per heavy atom. The van der Waals surface area contributed by atoms with Crippen molar-refractivity contribution in [3.8, 4) is 5.75 Å². The van der Waals surface area contributed by atoms with E-state index in [1.165, 1.54) is 12.1 Å². The van der Waals surface area contributed by atoms with Gasteiger partial charge in [0.2, 0.25) is 0 Å². The molecule has 0 aromatic heterocycles. The van der Waals surface area contributed by atoms with Gasteiger partial charge >= 0.3 is 6.61 Å². The van der Waals surface area contributed by atoms with Crippen LogP contribution in [0.25, 0.3) is 0 Å². The third-order valence-electron chi connectivity index (χ3n) is 2.95. The molecule has 0 aliphatic heterocycles. The SMILES string of the molecule is Cc1ccc(C2(N)CC2(F)F)cc1OC(F)F. The number of hydrogen-bond acceptors (Lipinski definition) is 2. The lowest BCUT2D eigenvalue weighted by molar-refractivity contribution is -0.0503. The molecule has 2 N–H and O–H groups in total. The van der Waals surface area contributed by atoms with Gasteiger partial charge in [0.05, 0.1) is 0 Å². The highest BCUT2D eigenvalue weighted by Crippen LogP contribution is 2.57. The smallest absolute Gasteiger partial charge is 0.387 e. The second-order valence-corrected chi connectivity index (χ2v) is 4.21. The third-order valence-corrected chi connectivity index (χ3v) is 2.95. The molecule has 94 valence electrons. The molecule has 0 amide bonds. The van der Waals surface area contributed by atoms with Gasteiger partial charge in [0.1, 0.15) is 11.3 Å². The molecule has 1 aliphatic carbocycles. The van der Waals surface area contributed by atoms with Crippen molar-refractivity contribution in [2.24, 2.45) is 5.73 Å². The van der Waals surface area contributed by atoms with Crippen LogP contribution in [0, 0.1) is 6.92 Å². The zero-order valence-corrected chi connectivity index (χ0v) is 9.01. The molecule has 2 nitrogen and oxygen atoms in total. The van der Waals surface area contributed by atoms with E-state index in [0.717, 1.165) is 6.07 Å². The van der Waals surface area contributed by atoms with E-state index in [1.807, 2.05) is 0 Å². The van der Waals surface area contributed by atoms with Gasteiger partial charge in [0.15, 0.2) is 0 Å². The van der Waals surface area contributed by atoms with Crippen LogP contribution < -0.4 is 10.5 Å². The van der Waals surface area contributed by atoms with Crippen molar-refractivity contribution in [3.63, 3.8) is 0 Å². The normalized spacial score (nSPS) is 26.1. The minimum Gasteiger partial charge on any atom is -0.435 e. The molecule has 1 fully saturated rings. The van der Waals surface area contributed by atoms with E-state index >= 15 is 0 Å². The number of nitrogens with two attached hydrogens (primary N) is 1. The Balaban J connectivity index is 2.32. The Morgan fingerprint density at radius 2 is 1.94 bits per heavy atom. The van der Waals surface area contributed by atoms with Gasteiger partial charge in [-0.3, -0.25) is 0 Å². The molecule has 0 radical (unpaired) electrons. The Bertz CT molecular complexity index is 449. The Labute approximate surface area is 95.4 Å². The largest absolute Gasteiger partial charge is 0.435 e. The van der Waals surface area contributed by atoms with Gasteiger partial charge in [-0.15, -0.1) is 0 Å². The summed E-state index contributed by atoms with van der Waals surface area (Å²) in [5.74, 6) is -3.10. The van der Waals surface area contributed by atoms with Crippen LogP contribution in [-0.4, -0.2) is 12.5 Å². The van der Waals surface area contributed by atoms with Gasteiger partial charge in [-0.25, -0.2) is 8.78 Å². The minimum absolute atomic E-state index is 0.115. The third kappa shape index (κ3) is 1.97. The van der Waals surface area contributed by atoms with Crippen molar-refractivity contribution >= 4 is 0 Å². The molecular weight excluding hydrogens is 238 g/mol. The second kappa shape index (κ2) is 3.60. The van der Waals surface area contributed by atoms with Gasteiger partial charge in [-0.1, -0.05) is 12.1 Å². The number of ether oxygens (including phenoxy) is 1. The number of aryl methyl sites for hydroxylation is 1. The predicted molar refractivity (Wildman–Crippen MR) is 53.2 cm³/mol. The van der Waals surface area contributed by atoms with Gasteiger partial charge in [0, 0.05) is 6.42 Å². The molecule has 1 atom stereocenters. The molecule has 2 rings (SSSR count). The van der Waals surface area contributed by atoms with Crippen LogP contribution in [-0.2, 0) is 5.54 Å². The number of rotatable bonds is 3. The first kappa shape index (κ1) is 12.2. The average Bonchev–Trinajstić information content (AvgIpc) is 2.70. The summed E-state index contributed by atoms with van der Waals surface area (Å²) in [7, 11) is 0. The van der Waals surface area contributed by atoms with Crippen molar-refractivity contribution in [2.45, 2.75) is 31.4 Å². The molecule has 0 heterocycles. The van der Waals surface area contributed by atoms with E-state index in [9.17, 15) is 17.6 Å². The molecule has 0 bridgehead atoms. The summed E-state index contributed by atoms with van der Waals surface area (Å²) in [6, 6.07) is 4.01. The average molecular weight is 249 g/mol. The number of hydrogen-bond donors (Lipinski definition) is 1. The highest BCUT2D eigenvalue weighted by molar-refractivity contribution is 5.44. The summed E-state index contributed by atoms with van der Waals surface area (Å²) in [4.78, 5) is 0. The van der Waals surface area contributed by atoms with Crippen LogP contribution in [0.1, 0.15) is 17.5 Å². The summed E-state index contributed by atoms with van der Waals surface area (Å²) in [6.07, 6.45) is -0.475. The number of halogens is 4. The molecule has 17 heavy (non-hydrogen) atoms. The lowest BCUT2D eigenvalue weighted by Gasteiger charge is -2.14. The molecule has 0 saturated heterocycles. The summed E-state index contributed by atoms with van der Waals surface area (Å²) < 4.78 is 54.5. The maximum absolute atomic E-state index is 13.0. The Kier molecular flexibility index (Phi) is 2.57. The summed E-state index contributed by atoms with van der Waals surface area (Å²) >= 11 is 0. The van der Waals surface area contributed by atoms with E-state index in [4.69, 9.17) is 5.73 Å². The fraction of sp³-hybridized carbons (Fsp3) is 0.455. The maximum atomic E-state index is 13.0. The van der Waals surface area contributed by atoms with Gasteiger partial charge in [0.25, 0.3) is 5.92 Å². The summed E-state index contributed by atoms with van der Waals surface area (Å²) in [5.41, 5.74) is 4.31. The first-order valence-electron chi connectivity index (χ1n) is 4.99. The van der Waals surface area contributed by atoms with Crippen LogP contribution in [0.15, 0.2) is 18.2 Å². The summed E-state index contributed by atoms with van der Waals surface area (Å²) in [5, 5.41) is 0. The van der Waals surface area contributed by atoms with E-state index in [-0.39, 0.29) is 11.3 Å². The Hall–Kier alpha value is -1.30. The zero-order valence-electron chi connectivity index (χ0n) is 9.01. The van der Waals surface area contributed by atoms with Gasteiger partial charge in [-0.05, 0) is 24.1 Å². The topological polar surface area (TPSA) is 35.2 Å². The van der Waals surface area contributed by atoms with Crippen molar-refractivity contribution in [3.05, 3.63) is 29.3 Å². The monoisotopic (exact) mass is 249 g/mol. The van der Waals surface area contributed by atoms with Crippen molar-refractivity contribution in [2.75, 3.05) is 0 Å².